The average molecular weight is 631 g/mol. The molecule has 1 saturated carbocycles. The van der Waals surface area contributed by atoms with Crippen LogP contribution in [0.4, 0.5) is 0 Å². The number of benzene rings is 3. The second-order valence-corrected chi connectivity index (χ2v) is 12.6. The number of nitrogens with one attached hydrogen (secondary N) is 1. The van der Waals surface area contributed by atoms with Crippen molar-refractivity contribution in [1.29, 1.82) is 0 Å². The molecule has 242 valence electrons. The summed E-state index contributed by atoms with van der Waals surface area (Å²) in [7, 11) is 3.00. The van der Waals surface area contributed by atoms with E-state index in [2.05, 4.69) is 5.32 Å². The maximum absolute atomic E-state index is 15.2. The van der Waals surface area contributed by atoms with Gasteiger partial charge in [0.2, 0.25) is 24.4 Å². The number of carbonyl (C=O) groups is 2. The highest BCUT2D eigenvalue weighted by molar-refractivity contribution is 5.86. The number of ether oxygens (including phenoxy) is 5. The van der Waals surface area contributed by atoms with Gasteiger partial charge in [-0.25, -0.2) is 0 Å². The first-order valence-corrected chi connectivity index (χ1v) is 15.6. The van der Waals surface area contributed by atoms with Gasteiger partial charge in [-0.15, -0.1) is 0 Å². The van der Waals surface area contributed by atoms with Gasteiger partial charge in [0.25, 0.3) is 0 Å². The number of likely N-dealkylation sites (tertiary alicyclic amines) is 1. The third-order valence-corrected chi connectivity index (χ3v) is 9.89. The van der Waals surface area contributed by atoms with Crippen LogP contribution in [0, 0.1) is 11.8 Å². The van der Waals surface area contributed by atoms with Crippen LogP contribution >= 0.6 is 0 Å². The zero-order chi connectivity index (χ0) is 32.4. The van der Waals surface area contributed by atoms with Gasteiger partial charge in [0, 0.05) is 24.4 Å². The molecular formula is C35H38N2O9. The Labute approximate surface area is 267 Å². The summed E-state index contributed by atoms with van der Waals surface area (Å²) in [6, 6.07) is 17.7. The lowest BCUT2D eigenvalue weighted by Gasteiger charge is -2.45. The van der Waals surface area contributed by atoms with E-state index < -0.39 is 35.3 Å². The van der Waals surface area contributed by atoms with E-state index in [9.17, 15) is 15.0 Å². The van der Waals surface area contributed by atoms with Crippen molar-refractivity contribution in [3.05, 3.63) is 77.4 Å². The molecule has 6 atom stereocenters. The molecule has 3 aliphatic heterocycles. The lowest BCUT2D eigenvalue weighted by atomic mass is 9.74. The van der Waals surface area contributed by atoms with E-state index >= 15 is 4.79 Å². The number of amides is 2. The predicted octanol–water partition coefficient (Wildman–Crippen LogP) is 3.40. The number of fused-ring (bicyclic) bond motifs is 5. The Hall–Kier alpha value is -4.48. The third-order valence-electron chi connectivity index (χ3n) is 9.89. The Morgan fingerprint density at radius 3 is 2.43 bits per heavy atom. The Bertz CT molecular complexity index is 1660. The summed E-state index contributed by atoms with van der Waals surface area (Å²) < 4.78 is 29.6. The van der Waals surface area contributed by atoms with Crippen molar-refractivity contribution in [1.82, 2.24) is 10.2 Å². The minimum absolute atomic E-state index is 0.0547. The van der Waals surface area contributed by atoms with Gasteiger partial charge in [0.05, 0.1) is 25.7 Å². The lowest BCUT2D eigenvalue weighted by Crippen LogP contribution is -2.58. The smallest absolute Gasteiger partial charge is 0.232 e. The van der Waals surface area contributed by atoms with Crippen molar-refractivity contribution in [2.24, 2.45) is 11.8 Å². The first-order valence-electron chi connectivity index (χ1n) is 15.6. The third kappa shape index (κ3) is 4.17. The van der Waals surface area contributed by atoms with E-state index in [0.717, 1.165) is 0 Å². The molecule has 0 aromatic heterocycles. The topological polar surface area (TPSA) is 136 Å². The Balaban J connectivity index is 1.49. The van der Waals surface area contributed by atoms with Crippen LogP contribution in [0.15, 0.2) is 60.7 Å². The van der Waals surface area contributed by atoms with Crippen LogP contribution in [-0.2, 0) is 20.8 Å². The number of hydrogen-bond donors (Lipinski definition) is 3. The molecule has 0 radical (unpaired) electrons. The summed E-state index contributed by atoms with van der Waals surface area (Å²) in [4.78, 5) is 29.7. The predicted molar refractivity (Wildman–Crippen MR) is 165 cm³/mol. The highest BCUT2D eigenvalue weighted by Gasteiger charge is 2.77. The van der Waals surface area contributed by atoms with Crippen molar-refractivity contribution in [3.63, 3.8) is 0 Å². The molecule has 2 fully saturated rings. The summed E-state index contributed by atoms with van der Waals surface area (Å²) in [5.41, 5.74) is -2.61. The summed E-state index contributed by atoms with van der Waals surface area (Å²) in [5, 5.41) is 28.8. The molecule has 46 heavy (non-hydrogen) atoms. The van der Waals surface area contributed by atoms with Crippen LogP contribution in [0.2, 0.25) is 0 Å². The van der Waals surface area contributed by atoms with E-state index in [1.807, 2.05) is 30.3 Å². The van der Waals surface area contributed by atoms with Gasteiger partial charge in [0.15, 0.2) is 17.1 Å². The summed E-state index contributed by atoms with van der Waals surface area (Å²) in [6.45, 7) is 3.94. The highest BCUT2D eigenvalue weighted by Crippen LogP contribution is 2.70. The molecule has 3 heterocycles. The normalized spacial score (nSPS) is 28.9. The second kappa shape index (κ2) is 11.1. The van der Waals surface area contributed by atoms with Crippen LogP contribution in [0.3, 0.4) is 0 Å². The van der Waals surface area contributed by atoms with Crippen LogP contribution in [0.5, 0.6) is 28.7 Å². The minimum atomic E-state index is -2.10. The van der Waals surface area contributed by atoms with Crippen molar-refractivity contribution in [2.75, 3.05) is 27.6 Å². The zero-order valence-corrected chi connectivity index (χ0v) is 26.2. The molecule has 11 nitrogen and oxygen atoms in total. The number of hydrogen-bond acceptors (Lipinski definition) is 9. The quantitative estimate of drug-likeness (QED) is 0.359. The van der Waals surface area contributed by atoms with Crippen LogP contribution < -0.4 is 29.0 Å². The van der Waals surface area contributed by atoms with E-state index in [4.69, 9.17) is 23.7 Å². The van der Waals surface area contributed by atoms with Crippen LogP contribution in [0.1, 0.15) is 49.3 Å². The molecule has 3 aromatic rings. The number of methoxy groups -OCH3 is 2. The summed E-state index contributed by atoms with van der Waals surface area (Å²) in [5.74, 6) is -1.41. The zero-order valence-electron chi connectivity index (χ0n) is 26.2. The number of nitrogens with zero attached hydrogens (tertiary/aromatic N) is 1. The largest absolute Gasteiger partial charge is 0.497 e. The number of aliphatic hydroxyl groups excluding tert-OH is 1. The van der Waals surface area contributed by atoms with Crippen molar-refractivity contribution >= 4 is 11.8 Å². The van der Waals surface area contributed by atoms with E-state index in [1.54, 1.807) is 56.2 Å². The summed E-state index contributed by atoms with van der Waals surface area (Å²) >= 11 is 0. The SMILES string of the molecule is COc1ccc([C@]23Oc4cc5c(c(OC)c4[C@](O)([C@@H](c4ccccc4)[C@@H]2C(=O)N2CCC[C@H]2NC(=O)C(C)C)[C@@H]3O)OCO5)cc1. The first kappa shape index (κ1) is 30.2. The van der Waals surface area contributed by atoms with E-state index in [-0.39, 0.29) is 47.3 Å². The van der Waals surface area contributed by atoms with Gasteiger partial charge in [-0.1, -0.05) is 56.3 Å². The molecule has 3 aromatic carbocycles. The Kier molecular flexibility index (Phi) is 7.28. The highest BCUT2D eigenvalue weighted by atomic mass is 16.7. The Morgan fingerprint density at radius 1 is 1.02 bits per heavy atom. The lowest BCUT2D eigenvalue weighted by molar-refractivity contribution is -0.163. The standard InChI is InChI=1S/C35H38N2O9/c1-19(2)31(38)36-25-11-8-16-37(25)32(39)28-26(20-9-6-5-7-10-20)34(41)27-23(17-24-29(30(27)43-4)45-18-44-24)46-35(28,33(34)40)21-12-14-22(42-3)15-13-21/h5-7,9-10,12-15,17,19,25-26,28,33,40-41H,8,11,16,18H2,1-4H3,(H,36,38)/t25-,26-,28+,33-,34+,35-/m0/s1. The monoisotopic (exact) mass is 630 g/mol. The maximum Gasteiger partial charge on any atom is 0.232 e. The molecule has 2 bridgehead atoms. The fraction of sp³-hybridized carbons (Fsp3) is 0.429. The van der Waals surface area contributed by atoms with Gasteiger partial charge in [-0.3, -0.25) is 9.59 Å². The van der Waals surface area contributed by atoms with Crippen LogP contribution in [0.25, 0.3) is 0 Å². The van der Waals surface area contributed by atoms with E-state index in [1.165, 1.54) is 7.11 Å². The van der Waals surface area contributed by atoms with Crippen molar-refractivity contribution < 1.29 is 43.5 Å². The molecule has 1 saturated heterocycles. The summed E-state index contributed by atoms with van der Waals surface area (Å²) in [6.07, 6.45) is -0.955. The number of rotatable bonds is 7. The molecule has 1 aliphatic carbocycles. The molecule has 2 amide bonds. The maximum atomic E-state index is 15.2. The van der Waals surface area contributed by atoms with Gasteiger partial charge in [0.1, 0.15) is 29.4 Å². The van der Waals surface area contributed by atoms with Gasteiger partial charge >= 0.3 is 0 Å². The minimum Gasteiger partial charge on any atom is -0.497 e. The van der Waals surface area contributed by atoms with E-state index in [0.29, 0.717) is 42.0 Å². The second-order valence-electron chi connectivity index (χ2n) is 12.6. The van der Waals surface area contributed by atoms with Crippen molar-refractivity contribution in [2.45, 2.75) is 56.1 Å². The van der Waals surface area contributed by atoms with Crippen LogP contribution in [-0.4, -0.2) is 66.8 Å². The Morgan fingerprint density at radius 2 is 1.76 bits per heavy atom. The van der Waals surface area contributed by atoms with Crippen molar-refractivity contribution in [3.8, 4) is 28.7 Å². The molecular weight excluding hydrogens is 592 g/mol. The van der Waals surface area contributed by atoms with Gasteiger partial charge in [-0.05, 0) is 36.1 Å². The fourth-order valence-electron chi connectivity index (χ4n) is 7.78. The number of aliphatic hydroxyl groups is 2. The fourth-order valence-corrected chi connectivity index (χ4v) is 7.78. The molecule has 0 spiro atoms. The molecule has 4 aliphatic rings. The molecule has 3 N–H and O–H groups in total. The number of carbonyl (C=O) groups excluding carboxylic acids is 2. The first-order chi connectivity index (χ1) is 22.2. The molecule has 11 heteroatoms. The molecule has 0 unspecified atom stereocenters. The molecule has 7 rings (SSSR count). The van der Waals surface area contributed by atoms with Gasteiger partial charge in [-0.2, -0.15) is 0 Å². The van der Waals surface area contributed by atoms with Gasteiger partial charge < -0.3 is 44.1 Å². The average Bonchev–Trinajstić information content (AvgIpc) is 3.76.